The van der Waals surface area contributed by atoms with E-state index in [0.717, 1.165) is 10.4 Å². The lowest BCUT2D eigenvalue weighted by Gasteiger charge is -2.07. The van der Waals surface area contributed by atoms with Crippen LogP contribution in [0.25, 0.3) is 10.7 Å². The van der Waals surface area contributed by atoms with Crippen molar-refractivity contribution >= 4 is 34.8 Å². The minimum absolute atomic E-state index is 0.289. The average Bonchev–Trinajstić information content (AvgIpc) is 3.36. The van der Waals surface area contributed by atoms with Crippen molar-refractivity contribution in [1.82, 2.24) is 14.8 Å². The number of carbonyl (C=O) groups excluding carboxylic acids is 1. The van der Waals surface area contributed by atoms with E-state index < -0.39 is 0 Å². The zero-order valence-corrected chi connectivity index (χ0v) is 15.7. The quantitative estimate of drug-likeness (QED) is 0.519. The first kappa shape index (κ1) is 17.5. The minimum Gasteiger partial charge on any atom is -0.350 e. The third kappa shape index (κ3) is 3.92. The number of nitrogens with one attached hydrogen (secondary N) is 1. The monoisotopic (exact) mass is 394 g/mol. The standard InChI is InChI=1S/C20H15ClN4OS/c21-16-9-4-8-15(12-16)19(26)25-20(22-13-14-6-2-1-3-7-14)23-18(24-25)17-10-5-11-27-17/h1-12H,13H2,(H,22,23,24). The highest BCUT2D eigenvalue weighted by Crippen LogP contribution is 2.24. The highest BCUT2D eigenvalue weighted by molar-refractivity contribution is 7.13. The van der Waals surface area contributed by atoms with Gasteiger partial charge in [-0.2, -0.15) is 9.67 Å². The summed E-state index contributed by atoms with van der Waals surface area (Å²) in [7, 11) is 0. The SMILES string of the molecule is O=C(c1cccc(Cl)c1)n1nc(-c2cccs2)nc1NCc1ccccc1. The van der Waals surface area contributed by atoms with Gasteiger partial charge >= 0.3 is 0 Å². The first-order valence-electron chi connectivity index (χ1n) is 8.30. The van der Waals surface area contributed by atoms with E-state index >= 15 is 0 Å². The van der Waals surface area contributed by atoms with Gasteiger partial charge in [0, 0.05) is 17.1 Å². The third-order valence-corrected chi connectivity index (χ3v) is 5.01. The van der Waals surface area contributed by atoms with Crippen LogP contribution in [0.1, 0.15) is 15.9 Å². The number of rotatable bonds is 5. The number of halogens is 1. The Morgan fingerprint density at radius 3 is 2.67 bits per heavy atom. The number of hydrogen-bond donors (Lipinski definition) is 1. The molecule has 0 fully saturated rings. The van der Waals surface area contributed by atoms with Gasteiger partial charge in [-0.3, -0.25) is 4.79 Å². The van der Waals surface area contributed by atoms with Crippen molar-refractivity contribution in [1.29, 1.82) is 0 Å². The lowest BCUT2D eigenvalue weighted by molar-refractivity contribution is 0.0947. The van der Waals surface area contributed by atoms with Crippen molar-refractivity contribution in [3.63, 3.8) is 0 Å². The Labute approximate surface area is 165 Å². The molecule has 134 valence electrons. The summed E-state index contributed by atoms with van der Waals surface area (Å²) in [5.41, 5.74) is 1.54. The van der Waals surface area contributed by atoms with E-state index in [1.807, 2.05) is 47.8 Å². The Morgan fingerprint density at radius 1 is 1.07 bits per heavy atom. The maximum absolute atomic E-state index is 13.0. The summed E-state index contributed by atoms with van der Waals surface area (Å²) in [5.74, 6) is 0.617. The number of aromatic nitrogens is 3. The van der Waals surface area contributed by atoms with Crippen molar-refractivity contribution in [3.05, 3.63) is 88.3 Å². The summed E-state index contributed by atoms with van der Waals surface area (Å²) in [6, 6.07) is 20.6. The molecule has 1 N–H and O–H groups in total. The van der Waals surface area contributed by atoms with Gasteiger partial charge in [-0.1, -0.05) is 54.1 Å². The normalized spacial score (nSPS) is 10.7. The molecular formula is C20H15ClN4OS. The van der Waals surface area contributed by atoms with Gasteiger partial charge in [-0.25, -0.2) is 0 Å². The van der Waals surface area contributed by atoms with Gasteiger partial charge in [0.15, 0.2) is 5.82 Å². The van der Waals surface area contributed by atoms with E-state index in [4.69, 9.17) is 11.6 Å². The molecule has 0 aliphatic carbocycles. The second-order valence-electron chi connectivity index (χ2n) is 5.80. The molecule has 0 saturated carbocycles. The maximum atomic E-state index is 13.0. The van der Waals surface area contributed by atoms with Crippen LogP contribution < -0.4 is 5.32 Å². The minimum atomic E-state index is -0.289. The first-order valence-corrected chi connectivity index (χ1v) is 9.55. The average molecular weight is 395 g/mol. The summed E-state index contributed by atoms with van der Waals surface area (Å²) in [6.07, 6.45) is 0. The smallest absolute Gasteiger partial charge is 0.281 e. The fourth-order valence-electron chi connectivity index (χ4n) is 2.60. The number of nitrogens with zero attached hydrogens (tertiary/aromatic N) is 3. The molecule has 0 aliphatic heterocycles. The highest BCUT2D eigenvalue weighted by Gasteiger charge is 2.19. The van der Waals surface area contributed by atoms with Gasteiger partial charge in [0.1, 0.15) is 0 Å². The molecule has 0 radical (unpaired) electrons. The predicted molar refractivity (Wildman–Crippen MR) is 108 cm³/mol. The van der Waals surface area contributed by atoms with E-state index in [1.54, 1.807) is 24.3 Å². The van der Waals surface area contributed by atoms with Crippen molar-refractivity contribution < 1.29 is 4.79 Å². The Kier molecular flexibility index (Phi) is 5.00. The van der Waals surface area contributed by atoms with E-state index in [0.29, 0.717) is 28.9 Å². The topological polar surface area (TPSA) is 59.8 Å². The highest BCUT2D eigenvalue weighted by atomic mass is 35.5. The molecule has 2 aromatic heterocycles. The molecule has 0 saturated heterocycles. The Morgan fingerprint density at radius 2 is 1.93 bits per heavy atom. The van der Waals surface area contributed by atoms with E-state index in [-0.39, 0.29) is 5.91 Å². The van der Waals surface area contributed by atoms with Crippen molar-refractivity contribution in [2.24, 2.45) is 0 Å². The van der Waals surface area contributed by atoms with Crippen LogP contribution in [0.5, 0.6) is 0 Å². The number of anilines is 1. The van der Waals surface area contributed by atoms with Gasteiger partial charge in [-0.05, 0) is 35.2 Å². The molecule has 4 aromatic rings. The molecule has 2 heterocycles. The molecule has 0 spiro atoms. The molecule has 7 heteroatoms. The molecular weight excluding hydrogens is 380 g/mol. The van der Waals surface area contributed by atoms with Crippen LogP contribution >= 0.6 is 22.9 Å². The molecule has 27 heavy (non-hydrogen) atoms. The van der Waals surface area contributed by atoms with Crippen LogP contribution in [0.3, 0.4) is 0 Å². The van der Waals surface area contributed by atoms with Gasteiger partial charge < -0.3 is 5.32 Å². The summed E-state index contributed by atoms with van der Waals surface area (Å²) in [5, 5.41) is 10.1. The molecule has 5 nitrogen and oxygen atoms in total. The maximum Gasteiger partial charge on any atom is 0.281 e. The van der Waals surface area contributed by atoms with Crippen molar-refractivity contribution in [3.8, 4) is 10.7 Å². The van der Waals surface area contributed by atoms with Crippen molar-refractivity contribution in [2.75, 3.05) is 5.32 Å². The Balaban J connectivity index is 1.69. The molecule has 4 rings (SSSR count). The van der Waals surface area contributed by atoms with Gasteiger partial charge in [0.25, 0.3) is 5.91 Å². The molecule has 0 aliphatic rings. The Bertz CT molecular complexity index is 1060. The molecule has 0 unspecified atom stereocenters. The molecule has 0 bridgehead atoms. The third-order valence-electron chi connectivity index (χ3n) is 3.91. The van der Waals surface area contributed by atoms with Crippen molar-refractivity contribution in [2.45, 2.75) is 6.54 Å². The zero-order valence-electron chi connectivity index (χ0n) is 14.2. The number of hydrogen-bond acceptors (Lipinski definition) is 5. The zero-order chi connectivity index (χ0) is 18.6. The molecule has 2 aromatic carbocycles. The van der Waals surface area contributed by atoms with Crippen LogP contribution in [-0.2, 0) is 6.54 Å². The number of carbonyl (C=O) groups is 1. The van der Waals surface area contributed by atoms with Gasteiger partial charge in [-0.15, -0.1) is 16.4 Å². The summed E-state index contributed by atoms with van der Waals surface area (Å²) < 4.78 is 1.30. The summed E-state index contributed by atoms with van der Waals surface area (Å²) in [6.45, 7) is 0.534. The van der Waals surface area contributed by atoms with Gasteiger partial charge in [0.05, 0.1) is 4.88 Å². The largest absolute Gasteiger partial charge is 0.350 e. The summed E-state index contributed by atoms with van der Waals surface area (Å²) in [4.78, 5) is 18.4. The van der Waals surface area contributed by atoms with Crippen LogP contribution in [0.4, 0.5) is 5.95 Å². The van der Waals surface area contributed by atoms with Gasteiger partial charge in [0.2, 0.25) is 5.95 Å². The molecule has 0 amide bonds. The summed E-state index contributed by atoms with van der Waals surface area (Å²) >= 11 is 7.56. The second kappa shape index (κ2) is 7.73. The second-order valence-corrected chi connectivity index (χ2v) is 7.19. The van der Waals surface area contributed by atoms with Crippen LogP contribution in [0, 0.1) is 0 Å². The number of thiophene rings is 1. The molecule has 0 atom stereocenters. The van der Waals surface area contributed by atoms with Crippen LogP contribution in [-0.4, -0.2) is 20.7 Å². The fourth-order valence-corrected chi connectivity index (χ4v) is 3.44. The lowest BCUT2D eigenvalue weighted by Crippen LogP contribution is -2.17. The fraction of sp³-hybridized carbons (Fsp3) is 0.0500. The predicted octanol–water partition coefficient (Wildman–Crippen LogP) is 4.96. The van der Waals surface area contributed by atoms with E-state index in [1.165, 1.54) is 16.0 Å². The Hall–Kier alpha value is -2.96. The van der Waals surface area contributed by atoms with Crippen LogP contribution in [0.15, 0.2) is 72.1 Å². The number of benzene rings is 2. The lowest BCUT2D eigenvalue weighted by atomic mass is 10.2. The van der Waals surface area contributed by atoms with E-state index in [9.17, 15) is 4.79 Å². The van der Waals surface area contributed by atoms with E-state index in [2.05, 4.69) is 15.4 Å². The first-order chi connectivity index (χ1) is 13.2. The van der Waals surface area contributed by atoms with Crippen LogP contribution in [0.2, 0.25) is 5.02 Å².